The second-order valence-electron chi connectivity index (χ2n) is 5.16. The normalized spacial score (nSPS) is 10.4. The average molecular weight is 352 g/mol. The summed E-state index contributed by atoms with van der Waals surface area (Å²) in [5.74, 6) is 0. The third-order valence-electron chi connectivity index (χ3n) is 3.39. The number of nitrogens with one attached hydrogen (secondary N) is 2. The molecule has 0 aliphatic heterocycles. The first kappa shape index (κ1) is 16.9. The Morgan fingerprint density at radius 2 is 1.84 bits per heavy atom. The van der Waals surface area contributed by atoms with Gasteiger partial charge in [0.25, 0.3) is 5.69 Å². The highest BCUT2D eigenvalue weighted by molar-refractivity contribution is 7.99. The van der Waals surface area contributed by atoms with Crippen LogP contribution in [0.15, 0.2) is 82.8 Å². The monoisotopic (exact) mass is 352 g/mol. The molecule has 3 rings (SSSR count). The van der Waals surface area contributed by atoms with Crippen LogP contribution in [0.4, 0.5) is 11.4 Å². The van der Waals surface area contributed by atoms with Gasteiger partial charge in [-0.3, -0.25) is 10.1 Å². The van der Waals surface area contributed by atoms with E-state index < -0.39 is 0 Å². The van der Waals surface area contributed by atoms with Crippen LogP contribution in [-0.2, 0) is 6.54 Å². The van der Waals surface area contributed by atoms with Crippen LogP contribution in [0.25, 0.3) is 0 Å². The first-order valence-electron chi connectivity index (χ1n) is 7.62. The minimum atomic E-state index is -0.386. The van der Waals surface area contributed by atoms with Crippen molar-refractivity contribution in [3.8, 4) is 0 Å². The van der Waals surface area contributed by atoms with Crippen LogP contribution < -0.4 is 10.9 Å². The van der Waals surface area contributed by atoms with Gasteiger partial charge in [-0.25, -0.2) is 10.4 Å². The van der Waals surface area contributed by atoms with Crippen LogP contribution in [0, 0.1) is 10.1 Å². The molecule has 0 unspecified atom stereocenters. The summed E-state index contributed by atoms with van der Waals surface area (Å²) in [6.45, 7) is 0.436. The Kier molecular flexibility index (Phi) is 5.61. The van der Waals surface area contributed by atoms with E-state index in [1.54, 1.807) is 18.3 Å². The van der Waals surface area contributed by atoms with Crippen LogP contribution in [0.1, 0.15) is 5.56 Å². The van der Waals surface area contributed by atoms with Crippen LogP contribution in [0.3, 0.4) is 0 Å². The van der Waals surface area contributed by atoms with E-state index >= 15 is 0 Å². The van der Waals surface area contributed by atoms with Crippen molar-refractivity contribution in [1.82, 2.24) is 10.4 Å². The third kappa shape index (κ3) is 4.79. The number of hydrogen-bond acceptors (Lipinski definition) is 6. The predicted octanol–water partition coefficient (Wildman–Crippen LogP) is 4.26. The Bertz CT molecular complexity index is 844. The molecule has 6 nitrogen and oxygen atoms in total. The lowest BCUT2D eigenvalue weighted by atomic mass is 10.2. The number of benzene rings is 2. The predicted molar refractivity (Wildman–Crippen MR) is 98.4 cm³/mol. The highest BCUT2D eigenvalue weighted by Gasteiger charge is 2.12. The van der Waals surface area contributed by atoms with Crippen molar-refractivity contribution in [2.24, 2.45) is 0 Å². The van der Waals surface area contributed by atoms with Gasteiger partial charge in [-0.05, 0) is 35.9 Å². The Morgan fingerprint density at radius 1 is 1.04 bits per heavy atom. The molecule has 3 aromatic rings. The number of aromatic nitrogens is 1. The van der Waals surface area contributed by atoms with Crippen molar-refractivity contribution in [3.05, 3.63) is 88.6 Å². The summed E-state index contributed by atoms with van der Waals surface area (Å²) >= 11 is 1.48. The molecule has 0 atom stereocenters. The Balaban J connectivity index is 1.76. The van der Waals surface area contributed by atoms with Crippen LogP contribution in [0.5, 0.6) is 0 Å². The number of nitrogens with zero attached hydrogens (tertiary/aromatic N) is 2. The molecule has 0 amide bonds. The highest BCUT2D eigenvalue weighted by Crippen LogP contribution is 2.31. The van der Waals surface area contributed by atoms with Gasteiger partial charge in [0.05, 0.1) is 4.92 Å². The topological polar surface area (TPSA) is 80.1 Å². The van der Waals surface area contributed by atoms with Gasteiger partial charge in [-0.15, -0.1) is 0 Å². The molecule has 1 heterocycles. The number of anilines is 1. The van der Waals surface area contributed by atoms with Crippen molar-refractivity contribution in [2.75, 3.05) is 5.43 Å². The summed E-state index contributed by atoms with van der Waals surface area (Å²) in [7, 11) is 0. The van der Waals surface area contributed by atoms with Gasteiger partial charge in [-0.2, -0.15) is 0 Å². The number of hydrogen-bond donors (Lipinski definition) is 2. The maximum Gasteiger partial charge on any atom is 0.269 e. The summed E-state index contributed by atoms with van der Waals surface area (Å²) < 4.78 is 0. The lowest BCUT2D eigenvalue weighted by Gasteiger charge is -2.12. The molecule has 7 heteroatoms. The number of hydrazine groups is 1. The fraction of sp³-hybridized carbons (Fsp3) is 0.0556. The van der Waals surface area contributed by atoms with Gasteiger partial charge in [-0.1, -0.05) is 36.0 Å². The zero-order valence-corrected chi connectivity index (χ0v) is 14.1. The van der Waals surface area contributed by atoms with E-state index in [9.17, 15) is 10.1 Å². The van der Waals surface area contributed by atoms with E-state index in [-0.39, 0.29) is 10.6 Å². The van der Waals surface area contributed by atoms with E-state index in [1.807, 2.05) is 48.5 Å². The quantitative estimate of drug-likeness (QED) is 0.488. The maximum atomic E-state index is 11.1. The summed E-state index contributed by atoms with van der Waals surface area (Å²) in [6.07, 6.45) is 1.72. The van der Waals surface area contributed by atoms with Crippen LogP contribution in [-0.4, -0.2) is 9.91 Å². The van der Waals surface area contributed by atoms with Gasteiger partial charge in [0.1, 0.15) is 5.03 Å². The molecule has 0 aliphatic carbocycles. The zero-order chi connectivity index (χ0) is 17.5. The van der Waals surface area contributed by atoms with E-state index in [0.717, 1.165) is 21.2 Å². The Hall–Kier alpha value is -2.90. The summed E-state index contributed by atoms with van der Waals surface area (Å²) in [5, 5.41) is 11.9. The van der Waals surface area contributed by atoms with Gasteiger partial charge >= 0.3 is 0 Å². The zero-order valence-electron chi connectivity index (χ0n) is 13.3. The number of nitro groups is 1. The SMILES string of the molecule is O=[N+]([O-])c1ccc(Sc2ccccn2)c(CNNc2ccccc2)c1. The molecule has 25 heavy (non-hydrogen) atoms. The molecule has 0 bridgehead atoms. The molecular formula is C18H16N4O2S. The molecule has 0 aliphatic rings. The molecule has 0 saturated carbocycles. The van der Waals surface area contributed by atoms with Crippen LogP contribution in [0.2, 0.25) is 0 Å². The molecule has 2 N–H and O–H groups in total. The molecule has 126 valence electrons. The summed E-state index contributed by atoms with van der Waals surface area (Å²) in [6, 6.07) is 20.2. The average Bonchev–Trinajstić information content (AvgIpc) is 2.64. The van der Waals surface area contributed by atoms with Gasteiger partial charge in [0.2, 0.25) is 0 Å². The fourth-order valence-corrected chi connectivity index (χ4v) is 3.08. The molecule has 0 spiro atoms. The largest absolute Gasteiger partial charge is 0.321 e. The molecule has 2 aromatic carbocycles. The van der Waals surface area contributed by atoms with Crippen molar-refractivity contribution >= 4 is 23.1 Å². The number of para-hydroxylation sites is 1. The number of rotatable bonds is 7. The standard InChI is InChI=1S/C18H16N4O2S/c23-22(24)16-9-10-17(25-18-8-4-5-11-19-18)14(12-16)13-20-21-15-6-2-1-3-7-15/h1-12,20-21H,13H2. The highest BCUT2D eigenvalue weighted by atomic mass is 32.2. The van der Waals surface area contributed by atoms with Crippen molar-refractivity contribution in [3.63, 3.8) is 0 Å². The van der Waals surface area contributed by atoms with E-state index in [4.69, 9.17) is 0 Å². The fourth-order valence-electron chi connectivity index (χ4n) is 2.20. The second kappa shape index (κ2) is 8.27. The number of nitro benzene ring substituents is 1. The lowest BCUT2D eigenvalue weighted by molar-refractivity contribution is -0.385. The summed E-state index contributed by atoms with van der Waals surface area (Å²) in [4.78, 5) is 15.9. The Morgan fingerprint density at radius 3 is 2.56 bits per heavy atom. The molecular weight excluding hydrogens is 336 g/mol. The first-order chi connectivity index (χ1) is 12.2. The minimum absolute atomic E-state index is 0.0712. The van der Waals surface area contributed by atoms with Gasteiger partial charge in [0.15, 0.2) is 0 Å². The van der Waals surface area contributed by atoms with Crippen LogP contribution >= 0.6 is 11.8 Å². The van der Waals surface area contributed by atoms with E-state index in [1.165, 1.54) is 17.8 Å². The number of non-ortho nitro benzene ring substituents is 1. The number of pyridine rings is 1. The second-order valence-corrected chi connectivity index (χ2v) is 6.23. The summed E-state index contributed by atoms with van der Waals surface area (Å²) in [5.41, 5.74) is 8.01. The van der Waals surface area contributed by atoms with E-state index in [2.05, 4.69) is 15.8 Å². The smallest absolute Gasteiger partial charge is 0.269 e. The van der Waals surface area contributed by atoms with Crippen molar-refractivity contribution in [2.45, 2.75) is 16.5 Å². The molecule has 0 saturated heterocycles. The van der Waals surface area contributed by atoms with Crippen molar-refractivity contribution in [1.29, 1.82) is 0 Å². The lowest BCUT2D eigenvalue weighted by Crippen LogP contribution is -2.21. The molecule has 0 radical (unpaired) electrons. The first-order valence-corrected chi connectivity index (χ1v) is 8.44. The van der Waals surface area contributed by atoms with Gasteiger partial charge in [0, 0.05) is 35.5 Å². The molecule has 0 fully saturated rings. The van der Waals surface area contributed by atoms with Gasteiger partial charge < -0.3 is 5.43 Å². The molecule has 1 aromatic heterocycles. The maximum absolute atomic E-state index is 11.1. The van der Waals surface area contributed by atoms with Crippen molar-refractivity contribution < 1.29 is 4.92 Å². The Labute approximate surface area is 149 Å². The third-order valence-corrected chi connectivity index (χ3v) is 4.46. The van der Waals surface area contributed by atoms with E-state index in [0.29, 0.717) is 6.54 Å². The minimum Gasteiger partial charge on any atom is -0.321 e.